The first-order chi connectivity index (χ1) is 9.58. The number of amides is 2. The Balaban J connectivity index is 2.32. The maximum Gasteiger partial charge on any atom is 0.317 e. The average Bonchev–Trinajstić information content (AvgIpc) is 2.44. The van der Waals surface area contributed by atoms with E-state index in [2.05, 4.69) is 5.32 Å². The van der Waals surface area contributed by atoms with E-state index in [1.807, 2.05) is 13.8 Å². The van der Waals surface area contributed by atoms with Crippen LogP contribution in [0.1, 0.15) is 39.5 Å². The zero-order valence-electron chi connectivity index (χ0n) is 12.4. The molecule has 2 N–H and O–H groups in total. The highest BCUT2D eigenvalue weighted by Gasteiger charge is 2.27. The molecule has 0 atom stereocenters. The van der Waals surface area contributed by atoms with Crippen molar-refractivity contribution in [3.63, 3.8) is 0 Å². The van der Waals surface area contributed by atoms with Crippen molar-refractivity contribution in [1.29, 1.82) is 0 Å². The molecule has 0 aromatic carbocycles. The molecular formula is C14H26N2O4. The number of carboxylic acids is 1. The Morgan fingerprint density at radius 3 is 2.40 bits per heavy atom. The maximum atomic E-state index is 12.1. The van der Waals surface area contributed by atoms with Crippen LogP contribution in [0.15, 0.2) is 0 Å². The first-order valence-electron chi connectivity index (χ1n) is 7.44. The molecule has 116 valence electrons. The molecule has 1 fully saturated rings. The minimum Gasteiger partial charge on any atom is -0.481 e. The Morgan fingerprint density at radius 1 is 1.25 bits per heavy atom. The number of carbonyl (C=O) groups is 2. The minimum absolute atomic E-state index is 0.0778. The third-order valence-electron chi connectivity index (χ3n) is 3.78. The lowest BCUT2D eigenvalue weighted by Gasteiger charge is -2.29. The summed E-state index contributed by atoms with van der Waals surface area (Å²) in [7, 11) is 0. The summed E-state index contributed by atoms with van der Waals surface area (Å²) in [5, 5.41) is 11.9. The Bertz CT molecular complexity index is 314. The van der Waals surface area contributed by atoms with E-state index in [0.717, 1.165) is 12.8 Å². The molecule has 0 aliphatic heterocycles. The summed E-state index contributed by atoms with van der Waals surface area (Å²) >= 11 is 0. The zero-order valence-corrected chi connectivity index (χ0v) is 12.4. The fourth-order valence-corrected chi connectivity index (χ4v) is 2.47. The molecule has 6 heteroatoms. The van der Waals surface area contributed by atoms with E-state index in [0.29, 0.717) is 39.1 Å². The summed E-state index contributed by atoms with van der Waals surface area (Å²) < 4.78 is 5.26. The highest BCUT2D eigenvalue weighted by atomic mass is 16.5. The molecule has 20 heavy (non-hydrogen) atoms. The topological polar surface area (TPSA) is 78.9 Å². The van der Waals surface area contributed by atoms with E-state index >= 15 is 0 Å². The second-order valence-corrected chi connectivity index (χ2v) is 5.11. The van der Waals surface area contributed by atoms with Crippen LogP contribution in [0.5, 0.6) is 0 Å². The van der Waals surface area contributed by atoms with Gasteiger partial charge in [-0.15, -0.1) is 0 Å². The first kappa shape index (κ1) is 16.8. The molecule has 0 bridgehead atoms. The van der Waals surface area contributed by atoms with Gasteiger partial charge in [-0.2, -0.15) is 0 Å². The Labute approximate surface area is 120 Å². The van der Waals surface area contributed by atoms with Crippen LogP contribution < -0.4 is 5.32 Å². The van der Waals surface area contributed by atoms with E-state index in [-0.39, 0.29) is 18.0 Å². The van der Waals surface area contributed by atoms with E-state index in [9.17, 15) is 9.59 Å². The molecular weight excluding hydrogens is 260 g/mol. The SMILES string of the molecule is CCOCCN(CC)C(=O)NC1CCC(C(=O)O)CC1. The lowest BCUT2D eigenvalue weighted by atomic mass is 9.86. The number of carbonyl (C=O) groups excluding carboxylic acids is 1. The highest BCUT2D eigenvalue weighted by molar-refractivity contribution is 5.74. The number of hydrogen-bond donors (Lipinski definition) is 2. The van der Waals surface area contributed by atoms with Gasteiger partial charge in [0.1, 0.15) is 0 Å². The van der Waals surface area contributed by atoms with Gasteiger partial charge < -0.3 is 20.1 Å². The first-order valence-corrected chi connectivity index (χ1v) is 7.44. The van der Waals surface area contributed by atoms with E-state index in [1.54, 1.807) is 4.90 Å². The molecule has 0 aromatic rings. The Kier molecular flexibility index (Phi) is 7.36. The number of rotatable bonds is 7. The van der Waals surface area contributed by atoms with E-state index in [1.165, 1.54) is 0 Å². The predicted octanol–water partition coefficient (Wildman–Crippen LogP) is 1.70. The number of aliphatic carboxylic acids is 1. The third kappa shape index (κ3) is 5.36. The molecule has 2 amide bonds. The van der Waals surface area contributed by atoms with Gasteiger partial charge in [0.2, 0.25) is 0 Å². The molecule has 1 rings (SSSR count). The summed E-state index contributed by atoms with van der Waals surface area (Å²) in [6.45, 7) is 6.29. The van der Waals surface area contributed by atoms with Crippen molar-refractivity contribution in [2.24, 2.45) is 5.92 Å². The fraction of sp³-hybridized carbons (Fsp3) is 0.857. The normalized spacial score (nSPS) is 22.3. The van der Waals surface area contributed by atoms with Gasteiger partial charge in [0.15, 0.2) is 0 Å². The number of nitrogens with zero attached hydrogens (tertiary/aromatic N) is 1. The number of urea groups is 1. The Morgan fingerprint density at radius 2 is 1.90 bits per heavy atom. The average molecular weight is 286 g/mol. The van der Waals surface area contributed by atoms with Gasteiger partial charge >= 0.3 is 12.0 Å². The highest BCUT2D eigenvalue weighted by Crippen LogP contribution is 2.24. The van der Waals surface area contributed by atoms with Gasteiger partial charge in [-0.3, -0.25) is 4.79 Å². The van der Waals surface area contributed by atoms with Crippen molar-refractivity contribution >= 4 is 12.0 Å². The van der Waals surface area contributed by atoms with Crippen LogP contribution in [0.25, 0.3) is 0 Å². The fourth-order valence-electron chi connectivity index (χ4n) is 2.47. The van der Waals surface area contributed by atoms with Crippen LogP contribution in [-0.2, 0) is 9.53 Å². The molecule has 0 unspecified atom stereocenters. The van der Waals surface area contributed by atoms with Gasteiger partial charge in [-0.25, -0.2) is 4.79 Å². The second kappa shape index (κ2) is 8.79. The molecule has 6 nitrogen and oxygen atoms in total. The van der Waals surface area contributed by atoms with Crippen LogP contribution in [0.2, 0.25) is 0 Å². The van der Waals surface area contributed by atoms with Crippen molar-refractivity contribution in [3.05, 3.63) is 0 Å². The molecule has 1 aliphatic rings. The zero-order chi connectivity index (χ0) is 15.0. The molecule has 0 heterocycles. The molecule has 0 saturated heterocycles. The molecule has 0 spiro atoms. The van der Waals surface area contributed by atoms with E-state index < -0.39 is 5.97 Å². The van der Waals surface area contributed by atoms with Gasteiger partial charge in [0, 0.05) is 25.7 Å². The monoisotopic (exact) mass is 286 g/mol. The van der Waals surface area contributed by atoms with Crippen molar-refractivity contribution < 1.29 is 19.4 Å². The maximum absolute atomic E-state index is 12.1. The lowest BCUT2D eigenvalue weighted by Crippen LogP contribution is -2.47. The quantitative estimate of drug-likeness (QED) is 0.698. The molecule has 1 saturated carbocycles. The summed E-state index contributed by atoms with van der Waals surface area (Å²) in [4.78, 5) is 24.7. The summed E-state index contributed by atoms with van der Waals surface area (Å²) in [6, 6.07) is 0.0187. The number of hydrogen-bond acceptors (Lipinski definition) is 3. The van der Waals surface area contributed by atoms with Crippen LogP contribution in [0, 0.1) is 5.92 Å². The minimum atomic E-state index is -0.721. The predicted molar refractivity (Wildman–Crippen MR) is 75.7 cm³/mol. The van der Waals surface area contributed by atoms with Gasteiger partial charge in [-0.1, -0.05) is 0 Å². The van der Waals surface area contributed by atoms with E-state index in [4.69, 9.17) is 9.84 Å². The van der Waals surface area contributed by atoms with Gasteiger partial charge in [0.05, 0.1) is 12.5 Å². The Hall–Kier alpha value is -1.30. The second-order valence-electron chi connectivity index (χ2n) is 5.11. The molecule has 0 radical (unpaired) electrons. The molecule has 1 aliphatic carbocycles. The summed E-state index contributed by atoms with van der Waals surface area (Å²) in [5.74, 6) is -0.968. The van der Waals surface area contributed by atoms with Crippen LogP contribution in [0.4, 0.5) is 4.79 Å². The van der Waals surface area contributed by atoms with Crippen molar-refractivity contribution in [2.45, 2.75) is 45.6 Å². The summed E-state index contributed by atoms with van der Waals surface area (Å²) in [6.07, 6.45) is 2.77. The number of ether oxygens (including phenoxy) is 1. The lowest BCUT2D eigenvalue weighted by molar-refractivity contribution is -0.142. The largest absolute Gasteiger partial charge is 0.481 e. The number of likely N-dealkylation sites (N-methyl/N-ethyl adjacent to an activating group) is 1. The van der Waals surface area contributed by atoms with Crippen LogP contribution in [-0.4, -0.2) is 54.4 Å². The van der Waals surface area contributed by atoms with Gasteiger partial charge in [-0.05, 0) is 39.5 Å². The van der Waals surface area contributed by atoms with Crippen molar-refractivity contribution in [2.75, 3.05) is 26.3 Å². The summed E-state index contributed by atoms with van der Waals surface area (Å²) in [5.41, 5.74) is 0. The van der Waals surface area contributed by atoms with Crippen molar-refractivity contribution in [3.8, 4) is 0 Å². The number of carboxylic acid groups (broad SMARTS) is 1. The van der Waals surface area contributed by atoms with Crippen LogP contribution in [0.3, 0.4) is 0 Å². The number of nitrogens with one attached hydrogen (secondary N) is 1. The van der Waals surface area contributed by atoms with Crippen molar-refractivity contribution in [1.82, 2.24) is 10.2 Å². The molecule has 0 aromatic heterocycles. The standard InChI is InChI=1S/C14H26N2O4/c1-3-16(9-10-20-4-2)14(19)15-12-7-5-11(6-8-12)13(17)18/h11-12H,3-10H2,1-2H3,(H,15,19)(H,17,18). The van der Waals surface area contributed by atoms with Gasteiger partial charge in [0.25, 0.3) is 0 Å². The third-order valence-corrected chi connectivity index (χ3v) is 3.78. The smallest absolute Gasteiger partial charge is 0.317 e. The van der Waals surface area contributed by atoms with Crippen LogP contribution >= 0.6 is 0 Å².